The van der Waals surface area contributed by atoms with Crippen LogP contribution in [0.25, 0.3) is 5.57 Å². The van der Waals surface area contributed by atoms with Crippen LogP contribution in [-0.4, -0.2) is 25.1 Å². The zero-order valence-corrected chi connectivity index (χ0v) is 13.0. The van der Waals surface area contributed by atoms with Crippen LogP contribution < -0.4 is 12.4 Å². The van der Waals surface area contributed by atoms with Gasteiger partial charge in [0, 0.05) is 11.1 Å². The molecule has 0 aliphatic heterocycles. The summed E-state index contributed by atoms with van der Waals surface area (Å²) in [5.74, 6) is 0. The molecule has 0 amide bonds. The lowest BCUT2D eigenvalue weighted by Crippen LogP contribution is -3.00. The number of likely N-dealkylation sites (N-methyl/N-ethyl adjacent to an activating group) is 1. The molecular weight excluding hydrogens is 266 g/mol. The Balaban J connectivity index is 0.00000200. The molecule has 0 saturated carbocycles. The normalized spacial score (nSPS) is 10.7. The number of nitrogens with zero attached hydrogens (tertiary/aromatic N) is 1. The van der Waals surface area contributed by atoms with Gasteiger partial charge in [0.05, 0.1) is 14.1 Å². The number of hydrogen-bond acceptors (Lipinski definition) is 0. The van der Waals surface area contributed by atoms with Crippen molar-refractivity contribution in [2.45, 2.75) is 6.54 Å². The molecule has 2 rings (SSSR count). The topological polar surface area (TPSA) is 0 Å². The second-order valence-electron chi connectivity index (χ2n) is 5.71. The number of hydrogen-bond donors (Lipinski definition) is 0. The van der Waals surface area contributed by atoms with Gasteiger partial charge in [0.25, 0.3) is 0 Å². The molecule has 0 spiro atoms. The van der Waals surface area contributed by atoms with Gasteiger partial charge in [-0.25, -0.2) is 0 Å². The Hall–Kier alpha value is -1.57. The molecule has 0 heterocycles. The van der Waals surface area contributed by atoms with Gasteiger partial charge in [-0.2, -0.15) is 0 Å². The molecule has 0 saturated heterocycles. The van der Waals surface area contributed by atoms with E-state index in [1.165, 1.54) is 16.7 Å². The van der Waals surface area contributed by atoms with Gasteiger partial charge < -0.3 is 16.9 Å². The van der Waals surface area contributed by atoms with Crippen molar-refractivity contribution < 1.29 is 16.9 Å². The number of benzene rings is 2. The van der Waals surface area contributed by atoms with Crippen LogP contribution in [0.1, 0.15) is 11.1 Å². The van der Waals surface area contributed by atoms with Gasteiger partial charge in [0.15, 0.2) is 0 Å². The third-order valence-corrected chi connectivity index (χ3v) is 3.25. The lowest BCUT2D eigenvalue weighted by molar-refractivity contribution is -0.896. The molecule has 106 valence electrons. The standard InChI is InChI=1S/C18H22N.ClH/c1-16(18-12-8-5-9-13-18)14-19(2,3)15-17-10-6-4-7-11-17;/h4-13H,1,14-15H2,2-3H3;1H/q+1;/p-1. The number of quaternary nitrogens is 1. The lowest BCUT2D eigenvalue weighted by Gasteiger charge is -2.30. The van der Waals surface area contributed by atoms with Crippen LogP contribution in [0.5, 0.6) is 0 Å². The van der Waals surface area contributed by atoms with E-state index in [1.807, 2.05) is 6.07 Å². The van der Waals surface area contributed by atoms with Gasteiger partial charge in [-0.15, -0.1) is 0 Å². The van der Waals surface area contributed by atoms with Gasteiger partial charge in [-0.05, 0) is 5.56 Å². The predicted octanol–water partition coefficient (Wildman–Crippen LogP) is 0.980. The van der Waals surface area contributed by atoms with E-state index in [4.69, 9.17) is 0 Å². The Morgan fingerprint density at radius 1 is 0.900 bits per heavy atom. The second-order valence-corrected chi connectivity index (χ2v) is 5.71. The van der Waals surface area contributed by atoms with Crippen LogP contribution >= 0.6 is 0 Å². The van der Waals surface area contributed by atoms with E-state index in [-0.39, 0.29) is 12.4 Å². The quantitative estimate of drug-likeness (QED) is 0.719. The van der Waals surface area contributed by atoms with Gasteiger partial charge in [0.2, 0.25) is 0 Å². The maximum absolute atomic E-state index is 4.24. The van der Waals surface area contributed by atoms with E-state index in [0.717, 1.165) is 17.6 Å². The summed E-state index contributed by atoms with van der Waals surface area (Å²) in [7, 11) is 4.50. The van der Waals surface area contributed by atoms with Gasteiger partial charge >= 0.3 is 0 Å². The third kappa shape index (κ3) is 4.84. The molecule has 2 heteroatoms. The zero-order chi connectivity index (χ0) is 13.7. The summed E-state index contributed by atoms with van der Waals surface area (Å²) in [5.41, 5.74) is 3.80. The smallest absolute Gasteiger partial charge is 0.104 e. The first-order valence-corrected chi connectivity index (χ1v) is 6.66. The van der Waals surface area contributed by atoms with E-state index < -0.39 is 0 Å². The number of halogens is 1. The van der Waals surface area contributed by atoms with Gasteiger partial charge in [-0.1, -0.05) is 67.2 Å². The highest BCUT2D eigenvalue weighted by molar-refractivity contribution is 5.63. The molecule has 0 aromatic heterocycles. The Bertz CT molecular complexity index is 532. The van der Waals surface area contributed by atoms with Crippen LogP contribution in [0.3, 0.4) is 0 Å². The molecule has 20 heavy (non-hydrogen) atoms. The van der Waals surface area contributed by atoms with Crippen LogP contribution in [-0.2, 0) is 6.54 Å². The molecule has 2 aromatic carbocycles. The minimum absolute atomic E-state index is 0. The van der Waals surface area contributed by atoms with Crippen molar-refractivity contribution >= 4 is 5.57 Å². The van der Waals surface area contributed by atoms with Crippen molar-refractivity contribution in [1.82, 2.24) is 0 Å². The largest absolute Gasteiger partial charge is 1.00 e. The summed E-state index contributed by atoms with van der Waals surface area (Å²) in [6, 6.07) is 21.1. The van der Waals surface area contributed by atoms with E-state index in [0.29, 0.717) is 0 Å². The van der Waals surface area contributed by atoms with Crippen LogP contribution in [0, 0.1) is 0 Å². The van der Waals surface area contributed by atoms with Crippen molar-refractivity contribution in [1.29, 1.82) is 0 Å². The molecule has 0 aliphatic rings. The molecule has 0 fully saturated rings. The lowest BCUT2D eigenvalue weighted by atomic mass is 10.1. The van der Waals surface area contributed by atoms with Crippen LogP contribution in [0.4, 0.5) is 0 Å². The Morgan fingerprint density at radius 2 is 1.40 bits per heavy atom. The highest BCUT2D eigenvalue weighted by atomic mass is 35.5. The van der Waals surface area contributed by atoms with Gasteiger partial charge in [0.1, 0.15) is 13.1 Å². The molecule has 0 radical (unpaired) electrons. The SMILES string of the molecule is C=C(C[N+](C)(C)Cc1ccccc1)c1ccccc1.[Cl-]. The van der Waals surface area contributed by atoms with Crippen molar-refractivity contribution in [3.63, 3.8) is 0 Å². The average Bonchev–Trinajstić information content (AvgIpc) is 2.39. The van der Waals surface area contributed by atoms with Crippen molar-refractivity contribution in [2.24, 2.45) is 0 Å². The fraction of sp³-hybridized carbons (Fsp3) is 0.222. The molecule has 0 aliphatic carbocycles. The zero-order valence-electron chi connectivity index (χ0n) is 12.2. The molecule has 0 atom stereocenters. The first-order valence-electron chi connectivity index (χ1n) is 6.66. The Kier molecular flexibility index (Phi) is 6.00. The molecule has 1 nitrogen and oxygen atoms in total. The highest BCUT2D eigenvalue weighted by Gasteiger charge is 2.17. The van der Waals surface area contributed by atoms with Crippen molar-refractivity contribution in [2.75, 3.05) is 20.6 Å². The summed E-state index contributed by atoms with van der Waals surface area (Å²) in [6.45, 7) is 6.21. The van der Waals surface area contributed by atoms with Crippen LogP contribution in [0.2, 0.25) is 0 Å². The maximum atomic E-state index is 4.24. The minimum Gasteiger partial charge on any atom is -1.00 e. The molecular formula is C18H22ClN. The molecule has 2 aromatic rings. The Morgan fingerprint density at radius 3 is 1.95 bits per heavy atom. The average molecular weight is 288 g/mol. The summed E-state index contributed by atoms with van der Waals surface area (Å²) in [4.78, 5) is 0. The Labute approximate surface area is 128 Å². The fourth-order valence-electron chi connectivity index (χ4n) is 2.42. The minimum atomic E-state index is 0. The maximum Gasteiger partial charge on any atom is 0.104 e. The summed E-state index contributed by atoms with van der Waals surface area (Å²) < 4.78 is 0.914. The second kappa shape index (κ2) is 7.28. The fourth-order valence-corrected chi connectivity index (χ4v) is 2.42. The van der Waals surface area contributed by atoms with E-state index in [1.54, 1.807) is 0 Å². The van der Waals surface area contributed by atoms with Crippen molar-refractivity contribution in [3.8, 4) is 0 Å². The highest BCUT2D eigenvalue weighted by Crippen LogP contribution is 2.18. The monoisotopic (exact) mass is 287 g/mol. The van der Waals surface area contributed by atoms with Crippen molar-refractivity contribution in [3.05, 3.63) is 78.4 Å². The van der Waals surface area contributed by atoms with E-state index >= 15 is 0 Å². The summed E-state index contributed by atoms with van der Waals surface area (Å²) in [5, 5.41) is 0. The van der Waals surface area contributed by atoms with E-state index in [9.17, 15) is 0 Å². The summed E-state index contributed by atoms with van der Waals surface area (Å²) in [6.07, 6.45) is 0. The summed E-state index contributed by atoms with van der Waals surface area (Å²) >= 11 is 0. The molecule has 0 bridgehead atoms. The van der Waals surface area contributed by atoms with Crippen LogP contribution in [0.15, 0.2) is 67.2 Å². The third-order valence-electron chi connectivity index (χ3n) is 3.25. The molecule has 0 N–H and O–H groups in total. The first kappa shape index (κ1) is 16.5. The molecule has 0 unspecified atom stereocenters. The van der Waals surface area contributed by atoms with Gasteiger partial charge in [-0.3, -0.25) is 0 Å². The number of rotatable bonds is 5. The van der Waals surface area contributed by atoms with E-state index in [2.05, 4.69) is 75.3 Å². The predicted molar refractivity (Wildman–Crippen MR) is 82.6 cm³/mol. The first-order chi connectivity index (χ1) is 9.07.